The monoisotopic (exact) mass is 333 g/mol. The average Bonchev–Trinajstić information content (AvgIpc) is 2.87. The molecule has 0 fully saturated rings. The van der Waals surface area contributed by atoms with Crippen LogP contribution in [0.15, 0.2) is 24.4 Å². The molecule has 0 saturated carbocycles. The SMILES string of the molecule is CCOC(=O)C(C)n1cc2cc(NC(=O)OC(C)(C)C)ccc2n1. The first-order chi connectivity index (χ1) is 11.2. The Morgan fingerprint density at radius 3 is 2.67 bits per heavy atom. The van der Waals surface area contributed by atoms with Gasteiger partial charge in [-0.2, -0.15) is 5.10 Å². The van der Waals surface area contributed by atoms with Crippen LogP contribution in [-0.2, 0) is 14.3 Å². The number of fused-ring (bicyclic) bond motifs is 1. The van der Waals surface area contributed by atoms with Gasteiger partial charge in [-0.05, 0) is 52.8 Å². The average molecular weight is 333 g/mol. The summed E-state index contributed by atoms with van der Waals surface area (Å²) in [6, 6.07) is 4.77. The van der Waals surface area contributed by atoms with Gasteiger partial charge in [0, 0.05) is 17.3 Å². The van der Waals surface area contributed by atoms with Crippen LogP contribution in [0.3, 0.4) is 0 Å². The summed E-state index contributed by atoms with van der Waals surface area (Å²) in [5, 5.41) is 7.86. The van der Waals surface area contributed by atoms with E-state index in [4.69, 9.17) is 9.47 Å². The number of aromatic nitrogens is 2. The van der Waals surface area contributed by atoms with E-state index in [1.54, 1.807) is 63.7 Å². The van der Waals surface area contributed by atoms with Crippen LogP contribution in [0.4, 0.5) is 10.5 Å². The third-order valence-corrected chi connectivity index (χ3v) is 3.19. The Bertz CT molecular complexity index is 746. The Balaban J connectivity index is 2.17. The predicted molar refractivity (Wildman–Crippen MR) is 90.9 cm³/mol. The molecule has 1 amide bonds. The van der Waals surface area contributed by atoms with Crippen molar-refractivity contribution in [3.63, 3.8) is 0 Å². The largest absolute Gasteiger partial charge is 0.464 e. The molecule has 1 aromatic carbocycles. The molecule has 7 heteroatoms. The number of ether oxygens (including phenoxy) is 2. The minimum atomic E-state index is -0.561. The fourth-order valence-electron chi connectivity index (χ4n) is 2.11. The standard InChI is InChI=1S/C17H23N3O4/c1-6-23-15(21)11(2)20-10-12-9-13(7-8-14(12)19-20)18-16(22)24-17(3,4)5/h7-11H,6H2,1-5H3,(H,18,22). The van der Waals surface area contributed by atoms with Crippen LogP contribution < -0.4 is 5.32 Å². The van der Waals surface area contributed by atoms with Gasteiger partial charge in [-0.3, -0.25) is 10.00 Å². The van der Waals surface area contributed by atoms with E-state index in [-0.39, 0.29) is 5.97 Å². The molecular formula is C17H23N3O4. The van der Waals surface area contributed by atoms with Gasteiger partial charge in [-0.1, -0.05) is 0 Å². The quantitative estimate of drug-likeness (QED) is 0.866. The van der Waals surface area contributed by atoms with Crippen molar-refractivity contribution in [2.45, 2.75) is 46.3 Å². The van der Waals surface area contributed by atoms with Crippen molar-refractivity contribution in [2.24, 2.45) is 0 Å². The zero-order valence-electron chi connectivity index (χ0n) is 14.6. The van der Waals surface area contributed by atoms with E-state index in [1.165, 1.54) is 0 Å². The molecule has 1 atom stereocenters. The Morgan fingerprint density at radius 2 is 2.04 bits per heavy atom. The Kier molecular flexibility index (Phi) is 5.11. The number of hydrogen-bond acceptors (Lipinski definition) is 5. The van der Waals surface area contributed by atoms with Gasteiger partial charge in [0.1, 0.15) is 11.6 Å². The van der Waals surface area contributed by atoms with Crippen LogP contribution in [0, 0.1) is 0 Å². The second-order valence-electron chi connectivity index (χ2n) is 6.44. The summed E-state index contributed by atoms with van der Waals surface area (Å²) in [5.74, 6) is -0.336. The lowest BCUT2D eigenvalue weighted by Gasteiger charge is -2.19. The molecule has 24 heavy (non-hydrogen) atoms. The summed E-state index contributed by atoms with van der Waals surface area (Å²) < 4.78 is 11.8. The predicted octanol–water partition coefficient (Wildman–Crippen LogP) is 3.51. The number of nitrogens with one attached hydrogen (secondary N) is 1. The first kappa shape index (κ1) is 17.8. The number of carbonyl (C=O) groups excluding carboxylic acids is 2. The molecule has 0 aliphatic heterocycles. The van der Waals surface area contributed by atoms with Crippen molar-refractivity contribution < 1.29 is 19.1 Å². The van der Waals surface area contributed by atoms with Gasteiger partial charge in [0.25, 0.3) is 0 Å². The second kappa shape index (κ2) is 6.90. The van der Waals surface area contributed by atoms with Gasteiger partial charge < -0.3 is 9.47 Å². The molecule has 7 nitrogen and oxygen atoms in total. The van der Waals surface area contributed by atoms with Crippen molar-refractivity contribution in [1.82, 2.24) is 9.78 Å². The summed E-state index contributed by atoms with van der Waals surface area (Å²) in [5.41, 5.74) is 0.759. The number of carbonyl (C=O) groups is 2. The molecule has 2 rings (SSSR count). The number of nitrogens with zero attached hydrogens (tertiary/aromatic N) is 2. The van der Waals surface area contributed by atoms with E-state index >= 15 is 0 Å². The maximum atomic E-state index is 11.8. The molecule has 0 aliphatic rings. The molecule has 1 unspecified atom stereocenters. The van der Waals surface area contributed by atoms with E-state index in [2.05, 4.69) is 10.4 Å². The number of rotatable bonds is 4. The van der Waals surface area contributed by atoms with E-state index in [0.717, 1.165) is 10.9 Å². The van der Waals surface area contributed by atoms with Gasteiger partial charge in [-0.15, -0.1) is 0 Å². The maximum absolute atomic E-state index is 11.8. The van der Waals surface area contributed by atoms with Gasteiger partial charge in [0.15, 0.2) is 0 Å². The van der Waals surface area contributed by atoms with Crippen LogP contribution >= 0.6 is 0 Å². The van der Waals surface area contributed by atoms with E-state index < -0.39 is 17.7 Å². The molecule has 130 valence electrons. The van der Waals surface area contributed by atoms with Crippen LogP contribution in [0.5, 0.6) is 0 Å². The van der Waals surface area contributed by atoms with Crippen LogP contribution in [0.2, 0.25) is 0 Å². The molecular weight excluding hydrogens is 310 g/mol. The van der Waals surface area contributed by atoms with E-state index in [0.29, 0.717) is 12.3 Å². The highest BCUT2D eigenvalue weighted by Gasteiger charge is 2.18. The van der Waals surface area contributed by atoms with Crippen LogP contribution in [0.25, 0.3) is 10.9 Å². The molecule has 0 saturated heterocycles. The molecule has 0 aliphatic carbocycles. The topological polar surface area (TPSA) is 82.5 Å². The zero-order chi connectivity index (χ0) is 17.9. The smallest absolute Gasteiger partial charge is 0.412 e. The van der Waals surface area contributed by atoms with Gasteiger partial charge in [0.2, 0.25) is 0 Å². The number of amides is 1. The van der Waals surface area contributed by atoms with Crippen molar-refractivity contribution in [1.29, 1.82) is 0 Å². The number of hydrogen-bond donors (Lipinski definition) is 1. The Morgan fingerprint density at radius 1 is 1.33 bits per heavy atom. The first-order valence-electron chi connectivity index (χ1n) is 7.85. The number of anilines is 1. The highest BCUT2D eigenvalue weighted by Crippen LogP contribution is 2.21. The summed E-state index contributed by atoms with van der Waals surface area (Å²) >= 11 is 0. The molecule has 2 aromatic rings. The third kappa shape index (κ3) is 4.47. The lowest BCUT2D eigenvalue weighted by Crippen LogP contribution is -2.27. The highest BCUT2D eigenvalue weighted by molar-refractivity contribution is 5.90. The van der Waals surface area contributed by atoms with Gasteiger partial charge in [0.05, 0.1) is 12.1 Å². The zero-order valence-corrected chi connectivity index (χ0v) is 14.6. The molecule has 1 N–H and O–H groups in total. The third-order valence-electron chi connectivity index (χ3n) is 3.19. The Hall–Kier alpha value is -2.57. The van der Waals surface area contributed by atoms with Crippen LogP contribution in [0.1, 0.15) is 40.7 Å². The lowest BCUT2D eigenvalue weighted by molar-refractivity contribution is -0.146. The second-order valence-corrected chi connectivity index (χ2v) is 6.44. The summed E-state index contributed by atoms with van der Waals surface area (Å²) in [6.45, 7) is 9.22. The van der Waals surface area contributed by atoms with Crippen molar-refractivity contribution in [3.05, 3.63) is 24.4 Å². The lowest BCUT2D eigenvalue weighted by atomic mass is 10.2. The highest BCUT2D eigenvalue weighted by atomic mass is 16.6. The summed E-state index contributed by atoms with van der Waals surface area (Å²) in [7, 11) is 0. The van der Waals surface area contributed by atoms with Gasteiger partial charge in [-0.25, -0.2) is 9.59 Å². The van der Waals surface area contributed by atoms with E-state index in [9.17, 15) is 9.59 Å². The van der Waals surface area contributed by atoms with E-state index in [1.807, 2.05) is 0 Å². The van der Waals surface area contributed by atoms with Crippen molar-refractivity contribution in [3.8, 4) is 0 Å². The fraction of sp³-hybridized carbons (Fsp3) is 0.471. The molecule has 0 spiro atoms. The molecule has 0 radical (unpaired) electrons. The molecule has 0 bridgehead atoms. The van der Waals surface area contributed by atoms with Gasteiger partial charge >= 0.3 is 12.1 Å². The molecule has 1 heterocycles. The maximum Gasteiger partial charge on any atom is 0.412 e. The minimum Gasteiger partial charge on any atom is -0.464 e. The first-order valence-corrected chi connectivity index (χ1v) is 7.85. The van der Waals surface area contributed by atoms with Crippen LogP contribution in [-0.4, -0.2) is 34.1 Å². The number of esters is 1. The summed E-state index contributed by atoms with van der Waals surface area (Å²) in [4.78, 5) is 23.6. The number of benzene rings is 1. The Labute approximate surface area is 140 Å². The minimum absolute atomic E-state index is 0.327. The fourth-order valence-corrected chi connectivity index (χ4v) is 2.11. The van der Waals surface area contributed by atoms with Crippen molar-refractivity contribution >= 4 is 28.7 Å². The van der Waals surface area contributed by atoms with Crippen molar-refractivity contribution in [2.75, 3.05) is 11.9 Å². The molecule has 1 aromatic heterocycles. The normalized spacial score (nSPS) is 12.7. The summed E-state index contributed by atoms with van der Waals surface area (Å²) in [6.07, 6.45) is 1.23.